The van der Waals surface area contributed by atoms with Crippen LogP contribution in [0.3, 0.4) is 0 Å². The fourth-order valence-electron chi connectivity index (χ4n) is 2.97. The molecule has 1 aromatic carbocycles. The monoisotopic (exact) mass is 387 g/mol. The van der Waals surface area contributed by atoms with Gasteiger partial charge in [0.1, 0.15) is 0 Å². The highest BCUT2D eigenvalue weighted by atomic mass is 79.9. The van der Waals surface area contributed by atoms with Crippen molar-refractivity contribution < 1.29 is 0 Å². The van der Waals surface area contributed by atoms with Crippen LogP contribution in [-0.4, -0.2) is 6.04 Å². The molecule has 0 unspecified atom stereocenters. The molecule has 19 heavy (non-hydrogen) atoms. The molecule has 0 aliphatic heterocycles. The maximum absolute atomic E-state index is 3.71. The van der Waals surface area contributed by atoms with Crippen LogP contribution in [0.25, 0.3) is 0 Å². The summed E-state index contributed by atoms with van der Waals surface area (Å²) in [7, 11) is 0. The molecule has 1 saturated carbocycles. The zero-order valence-electron chi connectivity index (χ0n) is 12.0. The number of rotatable bonds is 3. The third-order valence-corrected chi connectivity index (χ3v) is 5.50. The number of hydrogen-bond donors (Lipinski definition) is 1. The van der Waals surface area contributed by atoms with Crippen molar-refractivity contribution in [2.45, 2.75) is 52.5 Å². The first kappa shape index (κ1) is 15.4. The van der Waals surface area contributed by atoms with Crippen LogP contribution >= 0.6 is 31.9 Å². The van der Waals surface area contributed by atoms with Crippen molar-refractivity contribution in [1.29, 1.82) is 0 Å². The molecule has 3 heteroatoms. The van der Waals surface area contributed by atoms with Crippen molar-refractivity contribution >= 4 is 37.5 Å². The Morgan fingerprint density at radius 3 is 2.05 bits per heavy atom. The molecule has 1 fully saturated rings. The molecule has 1 aliphatic carbocycles. The number of benzene rings is 1. The van der Waals surface area contributed by atoms with E-state index in [1.807, 2.05) is 0 Å². The fraction of sp³-hybridized carbons (Fsp3) is 0.625. The van der Waals surface area contributed by atoms with Crippen molar-refractivity contribution in [1.82, 2.24) is 0 Å². The summed E-state index contributed by atoms with van der Waals surface area (Å²) in [6, 6.07) is 4.96. The van der Waals surface area contributed by atoms with Gasteiger partial charge in [0.05, 0.1) is 5.69 Å². The van der Waals surface area contributed by atoms with E-state index in [9.17, 15) is 0 Å². The predicted octanol–water partition coefficient (Wildman–Crippen LogP) is 6.15. The smallest absolute Gasteiger partial charge is 0.0631 e. The summed E-state index contributed by atoms with van der Waals surface area (Å²) >= 11 is 7.33. The Labute approximate surface area is 133 Å². The Hall–Kier alpha value is -0.0200. The van der Waals surface area contributed by atoms with Crippen molar-refractivity contribution in [2.75, 3.05) is 5.32 Å². The summed E-state index contributed by atoms with van der Waals surface area (Å²) in [5.74, 6) is 1.75. The summed E-state index contributed by atoms with van der Waals surface area (Å²) in [5, 5.41) is 3.71. The van der Waals surface area contributed by atoms with Gasteiger partial charge in [-0.3, -0.25) is 0 Å². The molecule has 2 rings (SSSR count). The SMILES string of the molecule is Cc1cc(Br)c(NC2CCC(C(C)C)CC2)c(Br)c1. The van der Waals surface area contributed by atoms with Gasteiger partial charge in [0, 0.05) is 15.0 Å². The Morgan fingerprint density at radius 2 is 1.58 bits per heavy atom. The second kappa shape index (κ2) is 6.62. The second-order valence-electron chi connectivity index (χ2n) is 6.10. The van der Waals surface area contributed by atoms with E-state index in [0.29, 0.717) is 6.04 Å². The Balaban J connectivity index is 2.00. The van der Waals surface area contributed by atoms with Crippen LogP contribution in [0.2, 0.25) is 0 Å². The summed E-state index contributed by atoms with van der Waals surface area (Å²) < 4.78 is 2.32. The molecule has 0 amide bonds. The molecular weight excluding hydrogens is 366 g/mol. The first-order chi connectivity index (χ1) is 8.97. The second-order valence-corrected chi connectivity index (χ2v) is 7.81. The highest BCUT2D eigenvalue weighted by molar-refractivity contribution is 9.11. The van der Waals surface area contributed by atoms with Crippen molar-refractivity contribution in [2.24, 2.45) is 11.8 Å². The Bertz CT molecular complexity index is 411. The average molecular weight is 389 g/mol. The average Bonchev–Trinajstić information content (AvgIpc) is 2.34. The van der Waals surface area contributed by atoms with Gasteiger partial charge in [-0.15, -0.1) is 0 Å². The standard InChI is InChI=1S/C16H23Br2N/c1-10(2)12-4-6-13(7-5-12)19-16-14(17)8-11(3)9-15(16)18/h8-10,12-13,19H,4-7H2,1-3H3. The maximum Gasteiger partial charge on any atom is 0.0631 e. The van der Waals surface area contributed by atoms with Crippen LogP contribution in [0.1, 0.15) is 45.1 Å². The lowest BCUT2D eigenvalue weighted by Gasteiger charge is -2.32. The van der Waals surface area contributed by atoms with E-state index >= 15 is 0 Å². The van der Waals surface area contributed by atoms with Crippen molar-refractivity contribution in [3.63, 3.8) is 0 Å². The summed E-state index contributed by atoms with van der Waals surface area (Å²) in [6.45, 7) is 6.82. The minimum absolute atomic E-state index is 0.616. The minimum Gasteiger partial charge on any atom is -0.380 e. The van der Waals surface area contributed by atoms with E-state index in [1.54, 1.807) is 0 Å². The molecule has 1 N–H and O–H groups in total. The highest BCUT2D eigenvalue weighted by Crippen LogP contribution is 2.36. The molecule has 0 bridgehead atoms. The van der Waals surface area contributed by atoms with Gasteiger partial charge in [0.15, 0.2) is 0 Å². The van der Waals surface area contributed by atoms with E-state index in [-0.39, 0.29) is 0 Å². The molecule has 0 aromatic heterocycles. The summed E-state index contributed by atoms with van der Waals surface area (Å²) in [4.78, 5) is 0. The van der Waals surface area contributed by atoms with Crippen LogP contribution in [-0.2, 0) is 0 Å². The van der Waals surface area contributed by atoms with E-state index < -0.39 is 0 Å². The van der Waals surface area contributed by atoms with Gasteiger partial charge < -0.3 is 5.32 Å². The molecule has 0 heterocycles. The topological polar surface area (TPSA) is 12.0 Å². The fourth-order valence-corrected chi connectivity index (χ4v) is 4.62. The van der Waals surface area contributed by atoms with Gasteiger partial charge in [0.2, 0.25) is 0 Å². The molecule has 0 atom stereocenters. The first-order valence-corrected chi connectivity index (χ1v) is 8.78. The van der Waals surface area contributed by atoms with E-state index in [4.69, 9.17) is 0 Å². The van der Waals surface area contributed by atoms with Gasteiger partial charge in [-0.05, 0) is 94.0 Å². The quantitative estimate of drug-likeness (QED) is 0.654. The van der Waals surface area contributed by atoms with E-state index in [0.717, 1.165) is 20.8 Å². The van der Waals surface area contributed by atoms with Crippen molar-refractivity contribution in [3.05, 3.63) is 26.6 Å². The third kappa shape index (κ3) is 3.98. The molecule has 106 valence electrons. The van der Waals surface area contributed by atoms with E-state index in [2.05, 4.69) is 70.1 Å². The van der Waals surface area contributed by atoms with Crippen molar-refractivity contribution in [3.8, 4) is 0 Å². The molecule has 0 spiro atoms. The van der Waals surface area contributed by atoms with Crippen LogP contribution < -0.4 is 5.32 Å². The summed E-state index contributed by atoms with van der Waals surface area (Å²) in [6.07, 6.45) is 5.29. The predicted molar refractivity (Wildman–Crippen MR) is 90.8 cm³/mol. The highest BCUT2D eigenvalue weighted by Gasteiger charge is 2.23. The van der Waals surface area contributed by atoms with Crippen LogP contribution in [0.4, 0.5) is 5.69 Å². The van der Waals surface area contributed by atoms with Gasteiger partial charge in [-0.1, -0.05) is 13.8 Å². The lowest BCUT2D eigenvalue weighted by molar-refractivity contribution is 0.267. The molecular formula is C16H23Br2N. The first-order valence-electron chi connectivity index (χ1n) is 7.19. The minimum atomic E-state index is 0.616. The molecule has 1 nitrogen and oxygen atoms in total. The molecule has 1 aliphatic rings. The van der Waals surface area contributed by atoms with E-state index in [1.165, 1.54) is 36.9 Å². The van der Waals surface area contributed by atoms with Gasteiger partial charge >= 0.3 is 0 Å². The normalized spacial score (nSPS) is 23.7. The molecule has 0 radical (unpaired) electrons. The van der Waals surface area contributed by atoms with Gasteiger partial charge in [-0.2, -0.15) is 0 Å². The van der Waals surface area contributed by atoms with Gasteiger partial charge in [-0.25, -0.2) is 0 Å². The number of hydrogen-bond acceptors (Lipinski definition) is 1. The molecule has 1 aromatic rings. The van der Waals surface area contributed by atoms with Crippen LogP contribution in [0, 0.1) is 18.8 Å². The zero-order valence-corrected chi connectivity index (χ0v) is 15.1. The van der Waals surface area contributed by atoms with Crippen LogP contribution in [0.15, 0.2) is 21.1 Å². The largest absolute Gasteiger partial charge is 0.380 e. The summed E-state index contributed by atoms with van der Waals surface area (Å²) in [5.41, 5.74) is 2.48. The van der Waals surface area contributed by atoms with Gasteiger partial charge in [0.25, 0.3) is 0 Å². The number of halogens is 2. The Morgan fingerprint density at radius 1 is 1.05 bits per heavy atom. The van der Waals surface area contributed by atoms with Crippen LogP contribution in [0.5, 0.6) is 0 Å². The maximum atomic E-state index is 3.71. The molecule has 0 saturated heterocycles. The Kier molecular flexibility index (Phi) is 5.36. The zero-order chi connectivity index (χ0) is 14.0. The lowest BCUT2D eigenvalue weighted by atomic mass is 9.79. The number of anilines is 1. The number of aryl methyl sites for hydroxylation is 1. The lowest BCUT2D eigenvalue weighted by Crippen LogP contribution is -2.28. The third-order valence-electron chi connectivity index (χ3n) is 4.25. The number of nitrogens with one attached hydrogen (secondary N) is 1.